The fraction of sp³-hybridized carbons (Fsp3) is 0.500. The number of amides is 1. The van der Waals surface area contributed by atoms with Crippen molar-refractivity contribution in [3.05, 3.63) is 34.9 Å². The molecule has 0 radical (unpaired) electrons. The standard InChI is InChI=1S/C13H16ClNO.CH4/c14-11-8-6-10(7-9-11)13(16)15-12-4-2-1-3-5-12;/h6-9,12H,1-5H2,(H,15,16);1H4. The van der Waals surface area contributed by atoms with Crippen LogP contribution < -0.4 is 5.32 Å². The molecule has 1 aliphatic rings. The van der Waals surface area contributed by atoms with Gasteiger partial charge in [-0.2, -0.15) is 0 Å². The minimum Gasteiger partial charge on any atom is -0.349 e. The number of halogens is 1. The Morgan fingerprint density at radius 3 is 2.29 bits per heavy atom. The van der Waals surface area contributed by atoms with Gasteiger partial charge in [-0.1, -0.05) is 38.3 Å². The van der Waals surface area contributed by atoms with E-state index in [4.69, 9.17) is 11.6 Å². The van der Waals surface area contributed by atoms with Crippen molar-refractivity contribution < 1.29 is 4.79 Å². The van der Waals surface area contributed by atoms with Gasteiger partial charge in [0.1, 0.15) is 0 Å². The van der Waals surface area contributed by atoms with Gasteiger partial charge < -0.3 is 5.32 Å². The number of carbonyl (C=O) groups is 1. The molecule has 0 aromatic heterocycles. The SMILES string of the molecule is C.O=C(NC1CCCCC1)c1ccc(Cl)cc1. The summed E-state index contributed by atoms with van der Waals surface area (Å²) in [7, 11) is 0. The summed E-state index contributed by atoms with van der Waals surface area (Å²) >= 11 is 5.78. The zero-order valence-electron chi connectivity index (χ0n) is 9.21. The van der Waals surface area contributed by atoms with Gasteiger partial charge in [-0.3, -0.25) is 4.79 Å². The predicted molar refractivity (Wildman–Crippen MR) is 72.5 cm³/mol. The maximum atomic E-state index is 11.9. The molecule has 94 valence electrons. The van der Waals surface area contributed by atoms with Crippen molar-refractivity contribution >= 4 is 17.5 Å². The van der Waals surface area contributed by atoms with E-state index < -0.39 is 0 Å². The molecule has 2 nitrogen and oxygen atoms in total. The fourth-order valence-corrected chi connectivity index (χ4v) is 2.24. The van der Waals surface area contributed by atoms with Gasteiger partial charge in [-0.25, -0.2) is 0 Å². The number of hydrogen-bond acceptors (Lipinski definition) is 1. The molecule has 2 rings (SSSR count). The van der Waals surface area contributed by atoms with Gasteiger partial charge in [0.05, 0.1) is 0 Å². The first-order chi connectivity index (χ1) is 7.75. The van der Waals surface area contributed by atoms with Crippen LogP contribution in [0.5, 0.6) is 0 Å². The van der Waals surface area contributed by atoms with Crippen LogP contribution >= 0.6 is 11.6 Å². The Labute approximate surface area is 108 Å². The number of rotatable bonds is 2. The average molecular weight is 254 g/mol. The Kier molecular flexibility index (Phi) is 5.49. The summed E-state index contributed by atoms with van der Waals surface area (Å²) in [5.74, 6) is 0.0172. The van der Waals surface area contributed by atoms with Crippen molar-refractivity contribution in [2.24, 2.45) is 0 Å². The predicted octanol–water partition coefficient (Wildman–Crippen LogP) is 4.04. The second-order valence-corrected chi connectivity index (χ2v) is 4.75. The summed E-state index contributed by atoms with van der Waals surface area (Å²) < 4.78 is 0. The summed E-state index contributed by atoms with van der Waals surface area (Å²) in [5.41, 5.74) is 0.690. The zero-order chi connectivity index (χ0) is 11.4. The third-order valence-corrected chi connectivity index (χ3v) is 3.30. The molecule has 0 spiro atoms. The van der Waals surface area contributed by atoms with E-state index in [0.29, 0.717) is 16.6 Å². The van der Waals surface area contributed by atoms with Crippen molar-refractivity contribution in [1.29, 1.82) is 0 Å². The molecule has 0 aliphatic heterocycles. The van der Waals surface area contributed by atoms with Crippen LogP contribution in [0.15, 0.2) is 24.3 Å². The average Bonchev–Trinajstić information content (AvgIpc) is 2.31. The maximum absolute atomic E-state index is 11.9. The number of carbonyl (C=O) groups excluding carboxylic acids is 1. The van der Waals surface area contributed by atoms with E-state index in [1.807, 2.05) is 0 Å². The number of benzene rings is 1. The van der Waals surface area contributed by atoms with E-state index in [1.165, 1.54) is 19.3 Å². The summed E-state index contributed by atoms with van der Waals surface area (Å²) in [6.45, 7) is 0. The highest BCUT2D eigenvalue weighted by molar-refractivity contribution is 6.30. The highest BCUT2D eigenvalue weighted by atomic mass is 35.5. The molecule has 1 N–H and O–H groups in total. The molecule has 0 atom stereocenters. The molecular formula is C14H20ClNO. The minimum atomic E-state index is 0. The topological polar surface area (TPSA) is 29.1 Å². The van der Waals surface area contributed by atoms with E-state index >= 15 is 0 Å². The minimum absolute atomic E-state index is 0. The van der Waals surface area contributed by atoms with Crippen molar-refractivity contribution in [2.75, 3.05) is 0 Å². The van der Waals surface area contributed by atoms with Gasteiger partial charge in [0.15, 0.2) is 0 Å². The number of hydrogen-bond donors (Lipinski definition) is 1. The lowest BCUT2D eigenvalue weighted by atomic mass is 9.95. The van der Waals surface area contributed by atoms with Crippen molar-refractivity contribution in [2.45, 2.75) is 45.6 Å². The molecule has 1 saturated carbocycles. The Morgan fingerprint density at radius 2 is 1.71 bits per heavy atom. The van der Waals surface area contributed by atoms with Crippen LogP contribution in [0.4, 0.5) is 0 Å². The highest BCUT2D eigenvalue weighted by Crippen LogP contribution is 2.18. The Bertz CT molecular complexity index is 355. The van der Waals surface area contributed by atoms with Crippen LogP contribution in [0.1, 0.15) is 49.9 Å². The largest absolute Gasteiger partial charge is 0.349 e. The molecule has 1 fully saturated rings. The van der Waals surface area contributed by atoms with E-state index in [9.17, 15) is 4.79 Å². The monoisotopic (exact) mass is 253 g/mol. The molecule has 0 unspecified atom stereocenters. The summed E-state index contributed by atoms with van der Waals surface area (Å²) in [6, 6.07) is 7.38. The van der Waals surface area contributed by atoms with Crippen LogP contribution in [0.2, 0.25) is 5.02 Å². The third-order valence-electron chi connectivity index (χ3n) is 3.05. The molecule has 3 heteroatoms. The lowest BCUT2D eigenvalue weighted by Gasteiger charge is -2.22. The van der Waals surface area contributed by atoms with Crippen molar-refractivity contribution in [1.82, 2.24) is 5.32 Å². The summed E-state index contributed by atoms with van der Waals surface area (Å²) in [6.07, 6.45) is 5.98. The van der Waals surface area contributed by atoms with Crippen molar-refractivity contribution in [3.63, 3.8) is 0 Å². The normalized spacial score (nSPS) is 16.1. The van der Waals surface area contributed by atoms with Crippen molar-refractivity contribution in [3.8, 4) is 0 Å². The van der Waals surface area contributed by atoms with Gasteiger partial charge in [0.2, 0.25) is 0 Å². The third kappa shape index (κ3) is 4.04. The molecule has 0 saturated heterocycles. The first-order valence-corrected chi connectivity index (χ1v) is 6.20. The second kappa shape index (κ2) is 6.65. The van der Waals surface area contributed by atoms with E-state index in [-0.39, 0.29) is 13.3 Å². The van der Waals surface area contributed by atoms with E-state index in [2.05, 4.69) is 5.32 Å². The molecule has 0 heterocycles. The van der Waals surface area contributed by atoms with Crippen LogP contribution in [-0.4, -0.2) is 11.9 Å². The van der Waals surface area contributed by atoms with Gasteiger partial charge in [0.25, 0.3) is 5.91 Å². The summed E-state index contributed by atoms with van der Waals surface area (Å²) in [5, 5.41) is 3.73. The smallest absolute Gasteiger partial charge is 0.251 e. The van der Waals surface area contributed by atoms with Crippen LogP contribution in [0.3, 0.4) is 0 Å². The molecule has 17 heavy (non-hydrogen) atoms. The lowest BCUT2D eigenvalue weighted by Crippen LogP contribution is -2.36. The first kappa shape index (κ1) is 14.0. The van der Waals surface area contributed by atoms with Crippen LogP contribution in [0, 0.1) is 0 Å². The Morgan fingerprint density at radius 1 is 1.12 bits per heavy atom. The molecule has 1 aromatic rings. The van der Waals surface area contributed by atoms with Crippen LogP contribution in [-0.2, 0) is 0 Å². The number of nitrogens with one attached hydrogen (secondary N) is 1. The Hall–Kier alpha value is -1.02. The molecule has 1 aliphatic carbocycles. The van der Waals surface area contributed by atoms with Gasteiger partial charge in [-0.05, 0) is 37.1 Å². The van der Waals surface area contributed by atoms with Crippen LogP contribution in [0.25, 0.3) is 0 Å². The molecular weight excluding hydrogens is 234 g/mol. The van der Waals surface area contributed by atoms with Gasteiger partial charge in [0, 0.05) is 16.6 Å². The lowest BCUT2D eigenvalue weighted by molar-refractivity contribution is 0.0928. The van der Waals surface area contributed by atoms with E-state index in [0.717, 1.165) is 12.8 Å². The highest BCUT2D eigenvalue weighted by Gasteiger charge is 2.16. The maximum Gasteiger partial charge on any atom is 0.251 e. The molecule has 1 aromatic carbocycles. The van der Waals surface area contributed by atoms with Gasteiger partial charge >= 0.3 is 0 Å². The molecule has 0 bridgehead atoms. The molecule has 1 amide bonds. The zero-order valence-corrected chi connectivity index (χ0v) is 9.96. The van der Waals surface area contributed by atoms with Gasteiger partial charge in [-0.15, -0.1) is 0 Å². The second-order valence-electron chi connectivity index (χ2n) is 4.32. The Balaban J connectivity index is 0.00000144. The quantitative estimate of drug-likeness (QED) is 0.847. The fourth-order valence-electron chi connectivity index (χ4n) is 2.12. The summed E-state index contributed by atoms with van der Waals surface area (Å²) in [4.78, 5) is 11.9. The van der Waals surface area contributed by atoms with E-state index in [1.54, 1.807) is 24.3 Å². The first-order valence-electron chi connectivity index (χ1n) is 5.82.